The lowest BCUT2D eigenvalue weighted by molar-refractivity contribution is -0.132. The van der Waals surface area contributed by atoms with Crippen molar-refractivity contribution in [1.82, 2.24) is 19.8 Å². The summed E-state index contributed by atoms with van der Waals surface area (Å²) in [5.74, 6) is 0.448. The molecule has 0 aliphatic carbocycles. The van der Waals surface area contributed by atoms with Crippen molar-refractivity contribution in [2.75, 3.05) is 19.6 Å². The molecule has 1 aromatic carbocycles. The van der Waals surface area contributed by atoms with E-state index in [2.05, 4.69) is 20.2 Å². The number of rotatable bonds is 3. The first-order chi connectivity index (χ1) is 14.5. The number of hydrogen-bond donors (Lipinski definition) is 1. The van der Waals surface area contributed by atoms with E-state index in [-0.39, 0.29) is 35.6 Å². The first kappa shape index (κ1) is 23.0. The van der Waals surface area contributed by atoms with E-state index in [1.165, 1.54) is 0 Å². The van der Waals surface area contributed by atoms with E-state index in [0.29, 0.717) is 42.8 Å². The zero-order valence-corrected chi connectivity index (χ0v) is 19.5. The Labute approximate surface area is 185 Å². The highest BCUT2D eigenvalue weighted by Gasteiger charge is 2.33. The molecule has 0 saturated carbocycles. The highest BCUT2D eigenvalue weighted by atomic mass is 28.1. The minimum absolute atomic E-state index is 0.0224. The van der Waals surface area contributed by atoms with Crippen LogP contribution >= 0.6 is 0 Å². The normalized spacial score (nSPS) is 19.9. The molecule has 3 rings (SSSR count). The highest BCUT2D eigenvalue weighted by Crippen LogP contribution is 2.19. The molecule has 0 bridgehead atoms. The third-order valence-electron chi connectivity index (χ3n) is 5.20. The molecule has 1 aromatic heterocycles. The van der Waals surface area contributed by atoms with Gasteiger partial charge in [0.1, 0.15) is 11.4 Å². The first-order valence-corrected chi connectivity index (χ1v) is 11.1. The second-order valence-corrected chi connectivity index (χ2v) is 9.56. The molecule has 2 heterocycles. The number of fused-ring (bicyclic) bond motifs is 1. The monoisotopic (exact) mass is 441 g/mol. The van der Waals surface area contributed by atoms with Gasteiger partial charge in [0, 0.05) is 38.1 Å². The third kappa shape index (κ3) is 5.72. The molecule has 1 saturated heterocycles. The Morgan fingerprint density at radius 3 is 2.68 bits per heavy atom. The summed E-state index contributed by atoms with van der Waals surface area (Å²) in [5, 5.41) is 0.529. The van der Waals surface area contributed by atoms with Gasteiger partial charge in [-0.25, -0.2) is 9.78 Å². The van der Waals surface area contributed by atoms with E-state index in [4.69, 9.17) is 4.74 Å². The van der Waals surface area contributed by atoms with Gasteiger partial charge in [-0.1, -0.05) is 19.1 Å². The van der Waals surface area contributed by atoms with E-state index in [9.17, 15) is 14.4 Å². The summed E-state index contributed by atoms with van der Waals surface area (Å²) in [6, 6.07) is 7.12. The molecule has 3 radical (unpaired) electrons. The van der Waals surface area contributed by atoms with Crippen molar-refractivity contribution >= 4 is 33.1 Å². The summed E-state index contributed by atoms with van der Waals surface area (Å²) in [5.41, 5.74) is -0.367. The van der Waals surface area contributed by atoms with E-state index in [1.54, 1.807) is 28.0 Å². The van der Waals surface area contributed by atoms with Crippen LogP contribution in [0.15, 0.2) is 29.1 Å². The molecule has 1 aliphatic heterocycles. The maximum Gasteiger partial charge on any atom is 0.410 e. The van der Waals surface area contributed by atoms with Crippen molar-refractivity contribution in [3.05, 3.63) is 40.4 Å². The average molecular weight is 442 g/mol. The number of aromatic amines is 1. The first-order valence-electron chi connectivity index (χ1n) is 10.5. The van der Waals surface area contributed by atoms with Crippen LogP contribution in [0.3, 0.4) is 0 Å². The Kier molecular flexibility index (Phi) is 6.83. The number of amides is 2. The zero-order chi connectivity index (χ0) is 22.8. The number of ether oxygens (including phenoxy) is 1. The maximum absolute atomic E-state index is 13.0. The summed E-state index contributed by atoms with van der Waals surface area (Å²) in [7, 11) is 3.69. The summed E-state index contributed by atoms with van der Waals surface area (Å²) in [6.07, 6.45) is 0.172. The molecule has 8 nitrogen and oxygen atoms in total. The van der Waals surface area contributed by atoms with Gasteiger partial charge in [0.25, 0.3) is 5.56 Å². The van der Waals surface area contributed by atoms with Crippen molar-refractivity contribution in [2.24, 2.45) is 5.92 Å². The van der Waals surface area contributed by atoms with Gasteiger partial charge < -0.3 is 19.5 Å². The van der Waals surface area contributed by atoms with Gasteiger partial charge in [-0.2, -0.15) is 0 Å². The van der Waals surface area contributed by atoms with Crippen LogP contribution in [-0.2, 0) is 16.0 Å². The average Bonchev–Trinajstić information content (AvgIpc) is 2.84. The number of aromatic nitrogens is 2. The van der Waals surface area contributed by atoms with Crippen LogP contribution < -0.4 is 5.56 Å². The zero-order valence-electron chi connectivity index (χ0n) is 18.5. The predicted octanol–water partition coefficient (Wildman–Crippen LogP) is 2.07. The van der Waals surface area contributed by atoms with E-state index >= 15 is 0 Å². The van der Waals surface area contributed by atoms with Gasteiger partial charge in [0.05, 0.1) is 21.1 Å². The van der Waals surface area contributed by atoms with Gasteiger partial charge in [0.15, 0.2) is 0 Å². The summed E-state index contributed by atoms with van der Waals surface area (Å²) in [6.45, 7) is 8.78. The minimum atomic E-state index is -0.570. The number of hydrogen-bond acceptors (Lipinski definition) is 5. The standard InChI is InChI=1S/C22H29N4O4Si/c1-14-13-25(21(29)30-22(2,3)4)11-12-26(20(14)31)18(27)10-9-17-23-16-8-6-5-7-15(16)19(28)24-17/h5-8,14,20H,9-13H2,1-4H3,(H,23,24,28)/t14-,20?/m0/s1. The van der Waals surface area contributed by atoms with E-state index in [0.717, 1.165) is 0 Å². The van der Waals surface area contributed by atoms with Crippen molar-refractivity contribution in [3.63, 3.8) is 0 Å². The Hall–Kier alpha value is -2.68. The fourth-order valence-corrected chi connectivity index (χ4v) is 3.99. The molecule has 2 atom stereocenters. The minimum Gasteiger partial charge on any atom is -0.444 e. The van der Waals surface area contributed by atoms with Gasteiger partial charge in [-0.15, -0.1) is 0 Å². The SMILES string of the molecule is C[C@H]1CN(C(=O)OC(C)(C)C)CCN(C(=O)CCc2nc3ccccc3c(=O)[nH]2)C1[Si]. The van der Waals surface area contributed by atoms with Crippen LogP contribution in [0.1, 0.15) is 39.9 Å². The lowest BCUT2D eigenvalue weighted by atomic mass is 10.1. The molecular formula is C22H29N4O4Si. The Morgan fingerprint density at radius 2 is 1.97 bits per heavy atom. The topological polar surface area (TPSA) is 95.6 Å². The maximum atomic E-state index is 13.0. The molecule has 2 amide bonds. The molecule has 1 unspecified atom stereocenters. The molecule has 9 heteroatoms. The van der Waals surface area contributed by atoms with Crippen LogP contribution in [0.2, 0.25) is 0 Å². The predicted molar refractivity (Wildman–Crippen MR) is 119 cm³/mol. The van der Waals surface area contributed by atoms with Gasteiger partial charge in [0.2, 0.25) is 5.91 Å². The number of carbonyl (C=O) groups is 2. The highest BCUT2D eigenvalue weighted by molar-refractivity contribution is 6.13. The number of nitrogens with one attached hydrogen (secondary N) is 1. The second kappa shape index (κ2) is 9.21. The molecule has 1 aliphatic rings. The number of aryl methyl sites for hydroxylation is 1. The number of H-pyrrole nitrogens is 1. The van der Waals surface area contributed by atoms with Gasteiger partial charge in [-0.05, 0) is 38.8 Å². The number of para-hydroxylation sites is 1. The fourth-order valence-electron chi connectivity index (χ4n) is 3.61. The van der Waals surface area contributed by atoms with E-state index < -0.39 is 5.60 Å². The van der Waals surface area contributed by atoms with Gasteiger partial charge in [-0.3, -0.25) is 9.59 Å². The lowest BCUT2D eigenvalue weighted by Gasteiger charge is -2.30. The van der Waals surface area contributed by atoms with Crippen LogP contribution in [-0.4, -0.2) is 72.9 Å². The largest absolute Gasteiger partial charge is 0.444 e. The van der Waals surface area contributed by atoms with Crippen molar-refractivity contribution < 1.29 is 14.3 Å². The quantitative estimate of drug-likeness (QED) is 0.736. The number of nitrogens with zero attached hydrogens (tertiary/aromatic N) is 3. The van der Waals surface area contributed by atoms with Crippen molar-refractivity contribution in [1.29, 1.82) is 0 Å². The summed E-state index contributed by atoms with van der Waals surface area (Å²) < 4.78 is 5.49. The third-order valence-corrected chi connectivity index (χ3v) is 6.08. The molecule has 1 fully saturated rings. The lowest BCUT2D eigenvalue weighted by Crippen LogP contribution is -2.44. The van der Waals surface area contributed by atoms with Crippen molar-refractivity contribution in [2.45, 2.75) is 51.8 Å². The summed E-state index contributed by atoms with van der Waals surface area (Å²) in [4.78, 5) is 48.3. The molecule has 2 aromatic rings. The Morgan fingerprint density at radius 1 is 1.26 bits per heavy atom. The fraction of sp³-hybridized carbons (Fsp3) is 0.545. The second-order valence-electron chi connectivity index (χ2n) is 8.97. The Balaban J connectivity index is 1.66. The van der Waals surface area contributed by atoms with Crippen molar-refractivity contribution in [3.8, 4) is 0 Å². The Bertz CT molecular complexity index is 1020. The van der Waals surface area contributed by atoms with Crippen LogP contribution in [0, 0.1) is 5.92 Å². The van der Waals surface area contributed by atoms with Crippen LogP contribution in [0.25, 0.3) is 10.9 Å². The van der Waals surface area contributed by atoms with Crippen LogP contribution in [0.4, 0.5) is 4.79 Å². The smallest absolute Gasteiger partial charge is 0.410 e. The van der Waals surface area contributed by atoms with E-state index in [1.807, 2.05) is 33.8 Å². The number of benzene rings is 1. The van der Waals surface area contributed by atoms with Gasteiger partial charge >= 0.3 is 6.09 Å². The molecular weight excluding hydrogens is 412 g/mol. The molecule has 1 N–H and O–H groups in total. The molecule has 0 spiro atoms. The molecule has 165 valence electrons. The van der Waals surface area contributed by atoms with Crippen LogP contribution in [0.5, 0.6) is 0 Å². The summed E-state index contributed by atoms with van der Waals surface area (Å²) >= 11 is 0. The molecule has 31 heavy (non-hydrogen) atoms. The number of carbonyl (C=O) groups excluding carboxylic acids is 2.